The number of nitrogens with two attached hydrogens (primary N) is 1. The molecule has 1 aromatic carbocycles. The highest BCUT2D eigenvalue weighted by atomic mass is 35.5. The molecule has 7 heteroatoms. The van der Waals surface area contributed by atoms with Crippen LogP contribution in [-0.2, 0) is 19.5 Å². The molecule has 5 nitrogen and oxygen atoms in total. The van der Waals surface area contributed by atoms with E-state index in [4.69, 9.17) is 5.73 Å². The number of nitrogens with zero attached hydrogens (tertiary/aromatic N) is 4. The minimum Gasteiger partial charge on any atom is -0.399 e. The second-order valence-corrected chi connectivity index (χ2v) is 6.81. The summed E-state index contributed by atoms with van der Waals surface area (Å²) in [7, 11) is 0. The molecule has 0 amide bonds. The number of hydrogen-bond donors (Lipinski definition) is 1. The predicted octanol–water partition coefficient (Wildman–Crippen LogP) is 3.77. The zero-order valence-corrected chi connectivity index (χ0v) is 16.1. The van der Waals surface area contributed by atoms with E-state index in [9.17, 15) is 0 Å². The van der Waals surface area contributed by atoms with E-state index >= 15 is 0 Å². The predicted molar refractivity (Wildman–Crippen MR) is 105 cm³/mol. The summed E-state index contributed by atoms with van der Waals surface area (Å²) in [6, 6.07) is 8.64. The van der Waals surface area contributed by atoms with Crippen LogP contribution < -0.4 is 5.73 Å². The van der Waals surface area contributed by atoms with Gasteiger partial charge in [0.1, 0.15) is 11.6 Å². The highest BCUT2D eigenvalue weighted by Crippen LogP contribution is 2.32. The van der Waals surface area contributed by atoms with Crippen LogP contribution >= 0.6 is 24.8 Å². The normalized spacial score (nSPS) is 20.2. The van der Waals surface area contributed by atoms with Crippen LogP contribution in [0.15, 0.2) is 24.3 Å². The van der Waals surface area contributed by atoms with Gasteiger partial charge in [0.25, 0.3) is 0 Å². The molecule has 0 aliphatic carbocycles. The number of fused-ring (bicyclic) bond motifs is 1. The Morgan fingerprint density at radius 1 is 1.04 bits per heavy atom. The van der Waals surface area contributed by atoms with E-state index in [0.29, 0.717) is 6.04 Å². The second-order valence-electron chi connectivity index (χ2n) is 6.81. The van der Waals surface area contributed by atoms with Crippen molar-refractivity contribution in [1.29, 1.82) is 0 Å². The number of likely N-dealkylation sites (tertiary alicyclic amines) is 1. The first-order valence-electron chi connectivity index (χ1n) is 8.82. The third-order valence-electron chi connectivity index (χ3n) is 5.14. The molecule has 4 rings (SSSR count). The monoisotopic (exact) mass is 383 g/mol. The number of halogens is 2. The van der Waals surface area contributed by atoms with Gasteiger partial charge in [-0.3, -0.25) is 4.90 Å². The van der Waals surface area contributed by atoms with Crippen LogP contribution in [0.25, 0.3) is 0 Å². The molecule has 1 fully saturated rings. The average molecular weight is 384 g/mol. The lowest BCUT2D eigenvalue weighted by atomic mass is 9.99. The van der Waals surface area contributed by atoms with Crippen LogP contribution in [-0.4, -0.2) is 26.2 Å². The van der Waals surface area contributed by atoms with Crippen LogP contribution in [0.2, 0.25) is 0 Å². The van der Waals surface area contributed by atoms with E-state index in [1.54, 1.807) is 0 Å². The zero-order chi connectivity index (χ0) is 15.6. The molecule has 2 aliphatic heterocycles. The maximum atomic E-state index is 5.94. The van der Waals surface area contributed by atoms with E-state index < -0.39 is 0 Å². The number of nitrogen functional groups attached to an aromatic ring is 1. The van der Waals surface area contributed by atoms with Crippen molar-refractivity contribution in [3.8, 4) is 0 Å². The first-order chi connectivity index (χ1) is 11.3. The lowest BCUT2D eigenvalue weighted by Gasteiger charge is -2.35. The Balaban J connectivity index is 0.00000113. The van der Waals surface area contributed by atoms with Crippen molar-refractivity contribution in [2.24, 2.45) is 0 Å². The van der Waals surface area contributed by atoms with E-state index in [1.807, 2.05) is 12.1 Å². The molecule has 1 aromatic heterocycles. The molecule has 3 heterocycles. The van der Waals surface area contributed by atoms with Gasteiger partial charge in [-0.15, -0.1) is 35.0 Å². The number of anilines is 1. The molecule has 0 saturated carbocycles. The summed E-state index contributed by atoms with van der Waals surface area (Å²) in [5, 5.41) is 9.03. The van der Waals surface area contributed by atoms with Crippen molar-refractivity contribution in [2.75, 3.05) is 12.3 Å². The highest BCUT2D eigenvalue weighted by molar-refractivity contribution is 5.85. The molecule has 1 unspecified atom stereocenters. The second kappa shape index (κ2) is 8.88. The molecule has 2 N–H and O–H groups in total. The van der Waals surface area contributed by atoms with Gasteiger partial charge in [0.2, 0.25) is 0 Å². The number of rotatable bonds is 3. The number of hydrogen-bond acceptors (Lipinski definition) is 4. The molecule has 0 bridgehead atoms. The summed E-state index contributed by atoms with van der Waals surface area (Å²) in [6.07, 6.45) is 7.30. The van der Waals surface area contributed by atoms with Crippen LogP contribution in [0.4, 0.5) is 5.69 Å². The van der Waals surface area contributed by atoms with Crippen molar-refractivity contribution in [2.45, 2.75) is 57.7 Å². The van der Waals surface area contributed by atoms with Crippen LogP contribution in [0.3, 0.4) is 0 Å². The number of aryl methyl sites for hydroxylation is 1. The van der Waals surface area contributed by atoms with E-state index in [0.717, 1.165) is 31.7 Å². The van der Waals surface area contributed by atoms with Crippen molar-refractivity contribution >= 4 is 30.5 Å². The molecule has 2 aromatic rings. The molecule has 2 aliphatic rings. The molecular weight excluding hydrogens is 357 g/mol. The largest absolute Gasteiger partial charge is 0.399 e. The van der Waals surface area contributed by atoms with Gasteiger partial charge in [-0.25, -0.2) is 0 Å². The minimum absolute atomic E-state index is 0. The van der Waals surface area contributed by atoms with Gasteiger partial charge in [0.15, 0.2) is 0 Å². The quantitative estimate of drug-likeness (QED) is 0.819. The van der Waals surface area contributed by atoms with Crippen molar-refractivity contribution in [3.63, 3.8) is 0 Å². The molecule has 25 heavy (non-hydrogen) atoms. The van der Waals surface area contributed by atoms with Crippen LogP contribution in [0, 0.1) is 0 Å². The fourth-order valence-corrected chi connectivity index (χ4v) is 3.98. The van der Waals surface area contributed by atoms with E-state index in [1.165, 1.54) is 49.3 Å². The summed E-state index contributed by atoms with van der Waals surface area (Å²) in [5.74, 6) is 2.36. The maximum absolute atomic E-state index is 5.94. The third kappa shape index (κ3) is 4.27. The van der Waals surface area contributed by atoms with Gasteiger partial charge in [0.05, 0.1) is 6.04 Å². The van der Waals surface area contributed by atoms with Gasteiger partial charge in [-0.2, -0.15) is 0 Å². The zero-order valence-electron chi connectivity index (χ0n) is 14.4. The Bertz CT molecular complexity index is 688. The van der Waals surface area contributed by atoms with Gasteiger partial charge < -0.3 is 10.3 Å². The summed E-state index contributed by atoms with van der Waals surface area (Å²) < 4.78 is 2.38. The van der Waals surface area contributed by atoms with Crippen molar-refractivity contribution < 1.29 is 0 Å². The van der Waals surface area contributed by atoms with Gasteiger partial charge in [-0.05, 0) is 49.9 Å². The molecule has 1 atom stereocenters. The lowest BCUT2D eigenvalue weighted by Crippen LogP contribution is -2.35. The summed E-state index contributed by atoms with van der Waals surface area (Å²) in [6.45, 7) is 3.15. The fourth-order valence-electron chi connectivity index (χ4n) is 3.98. The molecular formula is C18H27Cl2N5. The summed E-state index contributed by atoms with van der Waals surface area (Å²) in [5.41, 5.74) is 8.07. The Morgan fingerprint density at radius 3 is 2.72 bits per heavy atom. The lowest BCUT2D eigenvalue weighted by molar-refractivity contribution is 0.129. The molecule has 0 spiro atoms. The standard InChI is InChI=1S/C18H25N5.2ClH/c19-15-7-5-6-14(12-15)13-22-10-3-1-8-16(22)18-21-20-17-9-2-4-11-23(17)18;;/h5-7,12,16H,1-4,8-11,13,19H2;2*1H. The number of aromatic nitrogens is 3. The first kappa shape index (κ1) is 20.0. The van der Waals surface area contributed by atoms with Gasteiger partial charge in [-0.1, -0.05) is 18.6 Å². The number of benzene rings is 1. The van der Waals surface area contributed by atoms with E-state index in [-0.39, 0.29) is 24.8 Å². The van der Waals surface area contributed by atoms with Crippen LogP contribution in [0.5, 0.6) is 0 Å². The van der Waals surface area contributed by atoms with E-state index in [2.05, 4.69) is 31.8 Å². The van der Waals surface area contributed by atoms with Crippen molar-refractivity contribution in [3.05, 3.63) is 41.5 Å². The SMILES string of the molecule is Cl.Cl.Nc1cccc(CN2CCCCC2c2nnc3n2CCCC3)c1. The average Bonchev–Trinajstić information content (AvgIpc) is 2.99. The van der Waals surface area contributed by atoms with Crippen molar-refractivity contribution in [1.82, 2.24) is 19.7 Å². The first-order valence-corrected chi connectivity index (χ1v) is 8.82. The molecule has 0 radical (unpaired) electrons. The third-order valence-corrected chi connectivity index (χ3v) is 5.14. The smallest absolute Gasteiger partial charge is 0.150 e. The Hall–Kier alpha value is -1.30. The maximum Gasteiger partial charge on any atom is 0.150 e. The summed E-state index contributed by atoms with van der Waals surface area (Å²) in [4.78, 5) is 2.56. The Kier molecular flexibility index (Phi) is 7.11. The highest BCUT2D eigenvalue weighted by Gasteiger charge is 2.30. The van der Waals surface area contributed by atoms with Gasteiger partial charge in [0, 0.05) is 25.2 Å². The van der Waals surface area contributed by atoms with Gasteiger partial charge >= 0.3 is 0 Å². The number of piperidine rings is 1. The summed E-state index contributed by atoms with van der Waals surface area (Å²) >= 11 is 0. The fraction of sp³-hybridized carbons (Fsp3) is 0.556. The van der Waals surface area contributed by atoms with Crippen LogP contribution in [0.1, 0.15) is 55.4 Å². The Labute approximate surface area is 161 Å². The minimum atomic E-state index is 0. The Morgan fingerprint density at radius 2 is 1.88 bits per heavy atom. The topological polar surface area (TPSA) is 60.0 Å². The molecule has 1 saturated heterocycles. The molecule has 138 valence electrons.